The molecule has 0 unspecified atom stereocenters. The van der Waals surface area contributed by atoms with E-state index in [9.17, 15) is 24.3 Å². The molecule has 0 aliphatic carbocycles. The Morgan fingerprint density at radius 2 is 1.61 bits per heavy atom. The van der Waals surface area contributed by atoms with Crippen molar-refractivity contribution in [2.45, 2.75) is 12.8 Å². The Bertz CT molecular complexity index is 1010. The second-order valence-electron chi connectivity index (χ2n) is 7.79. The average Bonchev–Trinajstić information content (AvgIpc) is 3.04. The van der Waals surface area contributed by atoms with Crippen LogP contribution in [-0.4, -0.2) is 64.8 Å². The topological polar surface area (TPSA) is 107 Å². The number of hydrogen-bond donors (Lipinski definition) is 2. The number of fused-ring (bicyclic) bond motifs is 1. The highest BCUT2D eigenvalue weighted by Gasteiger charge is 2.36. The zero-order valence-corrected chi connectivity index (χ0v) is 16.9. The average molecular weight is 421 g/mol. The number of carbonyl (C=O) groups is 4. The second-order valence-corrected chi connectivity index (χ2v) is 7.79. The van der Waals surface area contributed by atoms with E-state index in [0.717, 1.165) is 17.7 Å². The smallest absolute Gasteiger partial charge is 0.262 e. The van der Waals surface area contributed by atoms with Gasteiger partial charge in [-0.3, -0.25) is 24.1 Å². The lowest BCUT2D eigenvalue weighted by molar-refractivity contribution is -0.116. The molecule has 0 aromatic heterocycles. The normalized spacial score (nSPS) is 16.4. The molecule has 2 aliphatic rings. The number of nitrogens with zero attached hydrogens (tertiary/aromatic N) is 2. The number of hydrogen-bond acceptors (Lipinski definition) is 5. The summed E-state index contributed by atoms with van der Waals surface area (Å²) in [5.74, 6) is -1.41. The number of anilines is 1. The van der Waals surface area contributed by atoms with Crippen LogP contribution >= 0.6 is 0 Å². The van der Waals surface area contributed by atoms with E-state index in [-0.39, 0.29) is 29.6 Å². The Balaban J connectivity index is 1.39. The van der Waals surface area contributed by atoms with Crippen LogP contribution in [0.3, 0.4) is 0 Å². The number of piperidine rings is 1. The Labute approximate surface area is 179 Å². The Morgan fingerprint density at radius 3 is 2.23 bits per heavy atom. The summed E-state index contributed by atoms with van der Waals surface area (Å²) in [6.07, 6.45) is 1.53. The van der Waals surface area contributed by atoms with Crippen molar-refractivity contribution in [3.63, 3.8) is 0 Å². The molecule has 0 saturated carbocycles. The van der Waals surface area contributed by atoms with E-state index < -0.39 is 24.3 Å². The van der Waals surface area contributed by atoms with Gasteiger partial charge in [0, 0.05) is 30.9 Å². The summed E-state index contributed by atoms with van der Waals surface area (Å²) in [6.45, 7) is 0.899. The lowest BCUT2D eigenvalue weighted by Gasteiger charge is -2.31. The van der Waals surface area contributed by atoms with Crippen LogP contribution < -0.4 is 5.32 Å². The number of aliphatic hydroxyl groups is 1. The third-order valence-corrected chi connectivity index (χ3v) is 5.73. The first-order valence-corrected chi connectivity index (χ1v) is 10.2. The van der Waals surface area contributed by atoms with Gasteiger partial charge in [0.15, 0.2) is 0 Å². The van der Waals surface area contributed by atoms with E-state index in [1.165, 1.54) is 0 Å². The molecule has 0 spiro atoms. The van der Waals surface area contributed by atoms with Gasteiger partial charge in [-0.1, -0.05) is 18.2 Å². The molecule has 31 heavy (non-hydrogen) atoms. The third kappa shape index (κ3) is 4.20. The van der Waals surface area contributed by atoms with E-state index in [1.807, 2.05) is 0 Å². The Morgan fingerprint density at radius 1 is 0.968 bits per heavy atom. The number of likely N-dealkylation sites (tertiary alicyclic amines) is 1. The van der Waals surface area contributed by atoms with Crippen LogP contribution in [0.1, 0.15) is 43.9 Å². The van der Waals surface area contributed by atoms with E-state index in [0.29, 0.717) is 24.3 Å². The Kier molecular flexibility index (Phi) is 5.81. The predicted octanol–water partition coefficient (Wildman–Crippen LogP) is 1.77. The molecule has 2 heterocycles. The summed E-state index contributed by atoms with van der Waals surface area (Å²) in [6, 6.07) is 13.0. The minimum Gasteiger partial charge on any atom is -0.396 e. The van der Waals surface area contributed by atoms with Gasteiger partial charge in [0.2, 0.25) is 5.91 Å². The summed E-state index contributed by atoms with van der Waals surface area (Å²) in [5.41, 5.74) is 1.44. The molecular formula is C23H23N3O5. The zero-order chi connectivity index (χ0) is 22.0. The van der Waals surface area contributed by atoms with Crippen molar-refractivity contribution in [2.24, 2.45) is 5.92 Å². The maximum Gasteiger partial charge on any atom is 0.262 e. The summed E-state index contributed by atoms with van der Waals surface area (Å²) < 4.78 is 0. The van der Waals surface area contributed by atoms with Gasteiger partial charge in [-0.05, 0) is 49.1 Å². The van der Waals surface area contributed by atoms with E-state index in [4.69, 9.17) is 0 Å². The lowest BCUT2D eigenvalue weighted by atomic mass is 9.97. The van der Waals surface area contributed by atoms with Crippen molar-refractivity contribution in [2.75, 3.05) is 31.6 Å². The van der Waals surface area contributed by atoms with Gasteiger partial charge in [-0.15, -0.1) is 0 Å². The maximum absolute atomic E-state index is 12.8. The molecular weight excluding hydrogens is 398 g/mol. The van der Waals surface area contributed by atoms with Gasteiger partial charge >= 0.3 is 0 Å². The molecule has 1 saturated heterocycles. The van der Waals surface area contributed by atoms with Gasteiger partial charge in [-0.2, -0.15) is 0 Å². The number of aliphatic hydroxyl groups excluding tert-OH is 1. The molecule has 2 aromatic rings. The fourth-order valence-electron chi connectivity index (χ4n) is 3.96. The van der Waals surface area contributed by atoms with Crippen molar-refractivity contribution in [1.82, 2.24) is 9.80 Å². The first-order chi connectivity index (χ1) is 15.0. The third-order valence-electron chi connectivity index (χ3n) is 5.73. The van der Waals surface area contributed by atoms with Gasteiger partial charge in [0.25, 0.3) is 17.7 Å². The summed E-state index contributed by atoms with van der Waals surface area (Å²) in [5, 5.41) is 11.9. The van der Waals surface area contributed by atoms with Crippen molar-refractivity contribution >= 4 is 29.3 Å². The number of imide groups is 1. The highest BCUT2D eigenvalue weighted by Crippen LogP contribution is 2.23. The number of amides is 4. The molecule has 4 rings (SSSR count). The van der Waals surface area contributed by atoms with Crippen molar-refractivity contribution in [3.05, 3.63) is 65.2 Å². The Hall–Kier alpha value is -3.52. The molecule has 160 valence electrons. The highest BCUT2D eigenvalue weighted by molar-refractivity contribution is 6.22. The molecule has 2 aliphatic heterocycles. The molecule has 8 nitrogen and oxygen atoms in total. The van der Waals surface area contributed by atoms with Crippen LogP contribution in [0.25, 0.3) is 0 Å². The summed E-state index contributed by atoms with van der Waals surface area (Å²) in [4.78, 5) is 52.8. The number of benzene rings is 2. The predicted molar refractivity (Wildman–Crippen MR) is 113 cm³/mol. The summed E-state index contributed by atoms with van der Waals surface area (Å²) >= 11 is 0. The van der Waals surface area contributed by atoms with E-state index in [2.05, 4.69) is 5.32 Å². The van der Waals surface area contributed by atoms with Crippen LogP contribution in [0.5, 0.6) is 0 Å². The number of carbonyl (C=O) groups excluding carboxylic acids is 4. The highest BCUT2D eigenvalue weighted by atomic mass is 16.3. The summed E-state index contributed by atoms with van der Waals surface area (Å²) in [7, 11) is 0. The van der Waals surface area contributed by atoms with Crippen molar-refractivity contribution < 1.29 is 24.3 Å². The molecule has 0 bridgehead atoms. The number of nitrogens with one attached hydrogen (secondary N) is 1. The van der Waals surface area contributed by atoms with Crippen LogP contribution in [0.15, 0.2) is 48.5 Å². The largest absolute Gasteiger partial charge is 0.396 e. The fraction of sp³-hybridized carbons (Fsp3) is 0.304. The van der Waals surface area contributed by atoms with Gasteiger partial charge in [0.1, 0.15) is 6.54 Å². The van der Waals surface area contributed by atoms with Crippen LogP contribution in [0.4, 0.5) is 5.69 Å². The zero-order valence-electron chi connectivity index (χ0n) is 16.9. The van der Waals surface area contributed by atoms with Gasteiger partial charge in [0.05, 0.1) is 11.1 Å². The number of rotatable bonds is 5. The van der Waals surface area contributed by atoms with Gasteiger partial charge < -0.3 is 15.3 Å². The van der Waals surface area contributed by atoms with Gasteiger partial charge in [-0.25, -0.2) is 0 Å². The van der Waals surface area contributed by atoms with Crippen molar-refractivity contribution in [1.29, 1.82) is 0 Å². The van der Waals surface area contributed by atoms with Crippen LogP contribution in [-0.2, 0) is 4.79 Å². The quantitative estimate of drug-likeness (QED) is 0.716. The van der Waals surface area contributed by atoms with Crippen LogP contribution in [0, 0.1) is 5.92 Å². The maximum atomic E-state index is 12.8. The van der Waals surface area contributed by atoms with Crippen LogP contribution in [0.2, 0.25) is 0 Å². The van der Waals surface area contributed by atoms with E-state index >= 15 is 0 Å². The minimum absolute atomic E-state index is 0.132. The SMILES string of the molecule is O=C(CN1C(=O)c2ccccc2C1=O)Nc1cccc(C(=O)N2CCC(CO)CC2)c1. The first kappa shape index (κ1) is 20.7. The van der Waals surface area contributed by atoms with E-state index in [1.54, 1.807) is 53.4 Å². The second kappa shape index (κ2) is 8.69. The molecule has 2 aromatic carbocycles. The molecule has 0 radical (unpaired) electrons. The molecule has 0 atom stereocenters. The lowest BCUT2D eigenvalue weighted by Crippen LogP contribution is -2.39. The monoisotopic (exact) mass is 421 g/mol. The first-order valence-electron chi connectivity index (χ1n) is 10.2. The molecule has 8 heteroatoms. The minimum atomic E-state index is -0.525. The van der Waals surface area contributed by atoms with Crippen molar-refractivity contribution in [3.8, 4) is 0 Å². The molecule has 1 fully saturated rings. The standard InChI is InChI=1S/C23H23N3O5/c27-14-15-8-10-25(11-9-15)21(29)16-4-3-5-17(12-16)24-20(28)13-26-22(30)18-6-1-2-7-19(18)23(26)31/h1-7,12,15,27H,8-11,13-14H2,(H,24,28). The fourth-order valence-corrected chi connectivity index (χ4v) is 3.96. The molecule has 4 amide bonds. The molecule has 2 N–H and O–H groups in total.